The Bertz CT molecular complexity index is 1660. The van der Waals surface area contributed by atoms with Gasteiger partial charge < -0.3 is 33.8 Å². The van der Waals surface area contributed by atoms with E-state index in [-0.39, 0.29) is 25.7 Å². The molecule has 0 heterocycles. The molecule has 0 aromatic rings. The fraction of sp³-hybridized carbons (Fsp3) is 0.938. The van der Waals surface area contributed by atoms with Crippen LogP contribution in [0.25, 0.3) is 0 Å². The highest BCUT2D eigenvalue weighted by Gasteiger charge is 2.30. The molecule has 0 saturated carbocycles. The van der Waals surface area contributed by atoms with Gasteiger partial charge in [0.1, 0.15) is 19.3 Å². The van der Waals surface area contributed by atoms with Crippen LogP contribution < -0.4 is 0 Å². The maximum absolute atomic E-state index is 13.0. The van der Waals surface area contributed by atoms with Gasteiger partial charge in [0.25, 0.3) is 0 Å². The van der Waals surface area contributed by atoms with Crippen molar-refractivity contribution in [2.45, 2.75) is 324 Å². The average molecular weight is 1230 g/mol. The van der Waals surface area contributed by atoms with Crippen molar-refractivity contribution in [2.24, 2.45) is 23.7 Å². The van der Waals surface area contributed by atoms with Crippen LogP contribution in [-0.2, 0) is 65.4 Å². The molecular formula is C64H124O17P2. The minimum absolute atomic E-state index is 0.101. The van der Waals surface area contributed by atoms with Gasteiger partial charge in [-0.05, 0) is 49.4 Å². The number of ether oxygens (including phenoxy) is 4. The summed E-state index contributed by atoms with van der Waals surface area (Å²) in [6, 6.07) is 0. The number of phosphoric acid groups is 2. The Morgan fingerprint density at radius 1 is 0.337 bits per heavy atom. The molecule has 19 heteroatoms. The normalized spacial score (nSPS) is 14.8. The predicted molar refractivity (Wildman–Crippen MR) is 331 cm³/mol. The largest absolute Gasteiger partial charge is 0.472 e. The van der Waals surface area contributed by atoms with Crippen LogP contribution in [0.4, 0.5) is 0 Å². The molecule has 0 radical (unpaired) electrons. The summed E-state index contributed by atoms with van der Waals surface area (Å²) >= 11 is 0. The Hall–Kier alpha value is -1.94. The first-order valence-corrected chi connectivity index (χ1v) is 36.2. The fourth-order valence-electron chi connectivity index (χ4n) is 9.40. The van der Waals surface area contributed by atoms with Crippen LogP contribution in [0.2, 0.25) is 0 Å². The lowest BCUT2D eigenvalue weighted by Gasteiger charge is -2.21. The third-order valence-electron chi connectivity index (χ3n) is 14.9. The molecule has 0 aliphatic carbocycles. The van der Waals surface area contributed by atoms with Gasteiger partial charge in [-0.2, -0.15) is 0 Å². The molecule has 0 aliphatic rings. The van der Waals surface area contributed by atoms with E-state index >= 15 is 0 Å². The molecule has 0 bridgehead atoms. The zero-order valence-electron chi connectivity index (χ0n) is 53.8. The SMILES string of the molecule is CCC(C)CCCCCCCCC(=O)O[C@H](COC(=O)CCCCCCCCC(C)C)COP(=O)(O)OC[C@H](O)COP(=O)(O)OC[C@@H](COC(=O)CCCCCCCCCCCC(C)C)OC(=O)CCCCCCCCCCCC(C)C. The summed E-state index contributed by atoms with van der Waals surface area (Å²) < 4.78 is 68.0. The minimum Gasteiger partial charge on any atom is -0.462 e. The molecule has 0 spiro atoms. The van der Waals surface area contributed by atoms with E-state index < -0.39 is 97.5 Å². The Kier molecular flexibility index (Phi) is 53.0. The van der Waals surface area contributed by atoms with E-state index in [1.165, 1.54) is 103 Å². The molecule has 0 rings (SSSR count). The number of carbonyl (C=O) groups is 4. The van der Waals surface area contributed by atoms with E-state index in [4.69, 9.17) is 37.0 Å². The molecule has 0 aliphatic heterocycles. The van der Waals surface area contributed by atoms with Gasteiger partial charge in [0, 0.05) is 25.7 Å². The lowest BCUT2D eigenvalue weighted by Crippen LogP contribution is -2.30. The molecule has 83 heavy (non-hydrogen) atoms. The van der Waals surface area contributed by atoms with Crippen molar-refractivity contribution in [3.05, 3.63) is 0 Å². The van der Waals surface area contributed by atoms with Crippen LogP contribution in [0.1, 0.15) is 306 Å². The highest BCUT2D eigenvalue weighted by atomic mass is 31.2. The second-order valence-electron chi connectivity index (χ2n) is 24.8. The van der Waals surface area contributed by atoms with Crippen LogP contribution in [0, 0.1) is 23.7 Å². The molecule has 3 unspecified atom stereocenters. The molecule has 0 fully saturated rings. The maximum atomic E-state index is 13.0. The average Bonchev–Trinajstić information content (AvgIpc) is 3.43. The summed E-state index contributed by atoms with van der Waals surface area (Å²) in [5, 5.41) is 10.5. The Morgan fingerprint density at radius 3 is 0.855 bits per heavy atom. The van der Waals surface area contributed by atoms with Crippen LogP contribution in [0.3, 0.4) is 0 Å². The van der Waals surface area contributed by atoms with Gasteiger partial charge >= 0.3 is 39.5 Å². The van der Waals surface area contributed by atoms with Crippen LogP contribution in [0.15, 0.2) is 0 Å². The molecule has 17 nitrogen and oxygen atoms in total. The highest BCUT2D eigenvalue weighted by molar-refractivity contribution is 7.47. The third kappa shape index (κ3) is 57.6. The molecule has 0 aromatic heterocycles. The molecule has 0 saturated heterocycles. The third-order valence-corrected chi connectivity index (χ3v) is 16.8. The summed E-state index contributed by atoms with van der Waals surface area (Å²) in [6.45, 7) is 13.9. The molecule has 0 amide bonds. The number of esters is 4. The van der Waals surface area contributed by atoms with E-state index in [9.17, 15) is 43.2 Å². The van der Waals surface area contributed by atoms with Gasteiger partial charge in [-0.25, -0.2) is 9.13 Å². The molecule has 6 atom stereocenters. The summed E-state index contributed by atoms with van der Waals surface area (Å²) in [6.07, 6.45) is 33.7. The second-order valence-corrected chi connectivity index (χ2v) is 27.7. The monoisotopic (exact) mass is 1230 g/mol. The number of phosphoric ester groups is 2. The van der Waals surface area contributed by atoms with Gasteiger partial charge in [0.2, 0.25) is 0 Å². The molecule has 3 N–H and O–H groups in total. The zero-order valence-corrected chi connectivity index (χ0v) is 55.6. The zero-order chi connectivity index (χ0) is 61.8. The van der Waals surface area contributed by atoms with Crippen molar-refractivity contribution in [2.75, 3.05) is 39.6 Å². The molecule has 492 valence electrons. The minimum atomic E-state index is -4.95. The lowest BCUT2D eigenvalue weighted by atomic mass is 10.00. The van der Waals surface area contributed by atoms with E-state index in [2.05, 4.69) is 55.4 Å². The van der Waals surface area contributed by atoms with Crippen LogP contribution in [0.5, 0.6) is 0 Å². The second kappa shape index (κ2) is 54.2. The predicted octanol–water partition coefficient (Wildman–Crippen LogP) is 17.4. The van der Waals surface area contributed by atoms with Crippen molar-refractivity contribution in [1.82, 2.24) is 0 Å². The van der Waals surface area contributed by atoms with E-state index in [1.54, 1.807) is 0 Å². The number of aliphatic hydroxyl groups is 1. The number of rotatable bonds is 61. The first-order chi connectivity index (χ1) is 39.6. The van der Waals surface area contributed by atoms with E-state index in [1.807, 2.05) is 0 Å². The first kappa shape index (κ1) is 81.1. The Balaban J connectivity index is 5.26. The molecular weight excluding hydrogens is 1100 g/mol. The Morgan fingerprint density at radius 2 is 0.578 bits per heavy atom. The fourth-order valence-corrected chi connectivity index (χ4v) is 11.0. The van der Waals surface area contributed by atoms with Gasteiger partial charge in [-0.1, -0.05) is 254 Å². The van der Waals surface area contributed by atoms with Crippen molar-refractivity contribution < 1.29 is 80.2 Å². The van der Waals surface area contributed by atoms with Gasteiger partial charge in [-0.3, -0.25) is 37.3 Å². The van der Waals surface area contributed by atoms with E-state index in [0.29, 0.717) is 31.6 Å². The number of unbranched alkanes of at least 4 members (excludes halogenated alkanes) is 26. The van der Waals surface area contributed by atoms with Crippen molar-refractivity contribution in [1.29, 1.82) is 0 Å². The van der Waals surface area contributed by atoms with Crippen LogP contribution >= 0.6 is 15.6 Å². The van der Waals surface area contributed by atoms with Crippen LogP contribution in [-0.4, -0.2) is 96.7 Å². The van der Waals surface area contributed by atoms with E-state index in [0.717, 1.165) is 114 Å². The summed E-state index contributed by atoms with van der Waals surface area (Å²) in [5.74, 6) is 0.737. The summed E-state index contributed by atoms with van der Waals surface area (Å²) in [7, 11) is -9.89. The van der Waals surface area contributed by atoms with Crippen molar-refractivity contribution in [3.8, 4) is 0 Å². The lowest BCUT2D eigenvalue weighted by molar-refractivity contribution is -0.161. The number of hydrogen-bond donors (Lipinski definition) is 3. The smallest absolute Gasteiger partial charge is 0.462 e. The Labute approximate surface area is 505 Å². The first-order valence-electron chi connectivity index (χ1n) is 33.2. The van der Waals surface area contributed by atoms with Gasteiger partial charge in [-0.15, -0.1) is 0 Å². The quantitative estimate of drug-likeness (QED) is 0.0222. The van der Waals surface area contributed by atoms with Gasteiger partial charge in [0.15, 0.2) is 12.2 Å². The molecule has 0 aromatic carbocycles. The van der Waals surface area contributed by atoms with Crippen molar-refractivity contribution in [3.63, 3.8) is 0 Å². The van der Waals surface area contributed by atoms with Crippen molar-refractivity contribution >= 4 is 39.5 Å². The van der Waals surface area contributed by atoms with Gasteiger partial charge in [0.05, 0.1) is 26.4 Å². The topological polar surface area (TPSA) is 237 Å². The standard InChI is InChI=1S/C64H124O17P2/c1-9-57(8)43-35-27-21-23-31-39-47-64(69)81-60(51-75-62(67)45-37-29-22-20-26-34-42-56(6)7)53-79-83(72,73)77-49-58(65)48-76-82(70,71)78-52-59(80-63(68)46-38-30-19-15-11-13-17-25-33-41-55(4)5)50-74-61(66)44-36-28-18-14-10-12-16-24-32-40-54(2)3/h54-60,65H,9-53H2,1-8H3,(H,70,71)(H,72,73)/t57?,58-,59-,60-/m1/s1. The number of carbonyl (C=O) groups excluding carboxylic acids is 4. The summed E-state index contributed by atoms with van der Waals surface area (Å²) in [5.41, 5.74) is 0. The summed E-state index contributed by atoms with van der Waals surface area (Å²) in [4.78, 5) is 72.2. The number of aliphatic hydroxyl groups excluding tert-OH is 1. The maximum Gasteiger partial charge on any atom is 0.472 e. The highest BCUT2D eigenvalue weighted by Crippen LogP contribution is 2.45. The number of hydrogen-bond acceptors (Lipinski definition) is 15.